The summed E-state index contributed by atoms with van der Waals surface area (Å²) in [5.74, 6) is 0. The topological polar surface area (TPSA) is 63.0 Å². The van der Waals surface area contributed by atoms with Gasteiger partial charge in [0.05, 0.1) is 0 Å². The average molecular weight is 465 g/mol. The van der Waals surface area contributed by atoms with E-state index in [1.165, 1.54) is 0 Å². The molecule has 6 heavy (non-hydrogen) atoms. The second-order valence-corrected chi connectivity index (χ2v) is 39.8. The second-order valence-electron chi connectivity index (χ2n) is 0.214. The van der Waals surface area contributed by atoms with Crippen molar-refractivity contribution in [2.24, 2.45) is 0 Å². The van der Waals surface area contributed by atoms with Crippen LogP contribution in [0.2, 0.25) is 0 Å². The normalized spacial score (nSPS) is 4.50. The van der Waals surface area contributed by atoms with Crippen LogP contribution < -0.4 is 0 Å². The standard InChI is InChI=1S/3HI.2H2O.Ti/h3*1H;2*1H2;/q;;;;;+3/p-3. The molecule has 6 heteroatoms. The van der Waals surface area contributed by atoms with Crippen LogP contribution in [0.3, 0.4) is 0 Å². The Kier molecular flexibility index (Phi) is 28.5. The first-order chi connectivity index (χ1) is 1.73. The van der Waals surface area contributed by atoms with E-state index in [0.717, 1.165) is 0 Å². The third kappa shape index (κ3) is 29.0. The molecule has 0 aromatic heterocycles. The summed E-state index contributed by atoms with van der Waals surface area (Å²) in [4.78, 5) is 0. The van der Waals surface area contributed by atoms with E-state index in [9.17, 15) is 0 Å². The van der Waals surface area contributed by atoms with E-state index in [-0.39, 0.29) is 11.0 Å². The van der Waals surface area contributed by atoms with Crippen molar-refractivity contribution < 1.29 is 17.6 Å². The van der Waals surface area contributed by atoms with Crippen LogP contribution in [0.1, 0.15) is 0 Å². The summed E-state index contributed by atoms with van der Waals surface area (Å²) >= 11 is 7.45. The van der Waals surface area contributed by atoms with Crippen molar-refractivity contribution in [2.45, 2.75) is 0 Å². The van der Waals surface area contributed by atoms with Gasteiger partial charge in [0.1, 0.15) is 0 Å². The van der Waals surface area contributed by atoms with Crippen LogP contribution in [0.4, 0.5) is 0 Å². The predicted molar refractivity (Wildman–Crippen MR) is 49.3 cm³/mol. The summed E-state index contributed by atoms with van der Waals surface area (Å²) in [6.45, 7) is -0.423. The molecule has 0 bridgehead atoms. The summed E-state index contributed by atoms with van der Waals surface area (Å²) < 4.78 is 0. The summed E-state index contributed by atoms with van der Waals surface area (Å²) in [6, 6.07) is 0. The van der Waals surface area contributed by atoms with Gasteiger partial charge in [0, 0.05) is 0 Å². The van der Waals surface area contributed by atoms with Crippen molar-refractivity contribution >= 4 is 57.6 Å². The van der Waals surface area contributed by atoms with E-state index < -0.39 is 6.63 Å². The Hall–Kier alpha value is 2.82. The third-order valence-electron chi connectivity index (χ3n) is 0. The van der Waals surface area contributed by atoms with Gasteiger partial charge in [-0.1, -0.05) is 0 Å². The molecule has 4 N–H and O–H groups in total. The quantitative estimate of drug-likeness (QED) is 0.380. The third-order valence-corrected chi connectivity index (χ3v) is 0. The fourth-order valence-electron chi connectivity index (χ4n) is 0. The maximum absolute atomic E-state index is 2.48. The first-order valence-corrected chi connectivity index (χ1v) is 15.7. The first kappa shape index (κ1) is 15.9. The first-order valence-electron chi connectivity index (χ1n) is 0.567. The van der Waals surface area contributed by atoms with Gasteiger partial charge in [0.2, 0.25) is 0 Å². The molecule has 0 unspecified atom stereocenters. The van der Waals surface area contributed by atoms with E-state index >= 15 is 0 Å². The Balaban J connectivity index is -0.0000000450. The molecular weight excluding hydrogens is 461 g/mol. The molecule has 0 saturated carbocycles. The van der Waals surface area contributed by atoms with E-state index in [1.54, 1.807) is 0 Å². The Labute approximate surface area is 73.3 Å². The van der Waals surface area contributed by atoms with E-state index in [0.29, 0.717) is 0 Å². The molecule has 0 atom stereocenters. The van der Waals surface area contributed by atoms with Gasteiger partial charge in [0.25, 0.3) is 0 Å². The van der Waals surface area contributed by atoms with Crippen molar-refractivity contribution in [3.05, 3.63) is 0 Å². The van der Waals surface area contributed by atoms with Gasteiger partial charge >= 0.3 is 64.2 Å². The number of rotatable bonds is 0. The summed E-state index contributed by atoms with van der Waals surface area (Å²) in [6.07, 6.45) is 0. The molecule has 2 nitrogen and oxygen atoms in total. The van der Waals surface area contributed by atoms with Crippen molar-refractivity contribution in [3.63, 3.8) is 0 Å². The fourth-order valence-corrected chi connectivity index (χ4v) is 0. The van der Waals surface area contributed by atoms with Gasteiger partial charge in [-0.15, -0.1) is 0 Å². The second kappa shape index (κ2) is 10.7. The molecule has 0 aromatic rings. The number of hydrogen-bond donors (Lipinski definition) is 0. The molecule has 0 fully saturated rings. The van der Waals surface area contributed by atoms with Gasteiger partial charge in [-0.2, -0.15) is 0 Å². The average Bonchev–Trinajstić information content (AvgIpc) is 0.811. The molecular formula is H4I3O2Ti. The van der Waals surface area contributed by atoms with Crippen molar-refractivity contribution in [1.29, 1.82) is 0 Å². The Morgan fingerprint density at radius 1 is 0.833 bits per heavy atom. The molecule has 0 aliphatic heterocycles. The molecule has 0 rings (SSSR count). The Morgan fingerprint density at radius 2 is 0.833 bits per heavy atom. The van der Waals surface area contributed by atoms with Gasteiger partial charge in [-0.25, -0.2) is 0 Å². The minimum absolute atomic E-state index is 0. The van der Waals surface area contributed by atoms with Gasteiger partial charge in [-0.05, 0) is 0 Å². The zero-order valence-corrected chi connectivity index (χ0v) is 10.7. The predicted octanol–water partition coefficient (Wildman–Crippen LogP) is 1.01. The summed E-state index contributed by atoms with van der Waals surface area (Å²) in [5, 5.41) is 0. The molecule has 0 spiro atoms. The van der Waals surface area contributed by atoms with Gasteiger partial charge in [-0.3, -0.25) is 0 Å². The molecule has 0 saturated heterocycles. The zero-order chi connectivity index (χ0) is 3.58. The zero-order valence-electron chi connectivity index (χ0n) is 2.63. The summed E-state index contributed by atoms with van der Waals surface area (Å²) in [5.41, 5.74) is 0. The van der Waals surface area contributed by atoms with Crippen LogP contribution in [-0.2, 0) is 6.63 Å². The fraction of sp³-hybridized carbons (Fsp3) is 0. The number of hydrogen-bond acceptors (Lipinski definition) is 0. The SMILES string of the molecule is O.O.[I][Ti]([I])[I]. The van der Waals surface area contributed by atoms with Crippen LogP contribution in [-0.4, -0.2) is 11.0 Å². The molecule has 41 valence electrons. The Bertz CT molecular complexity index is 13.5. The van der Waals surface area contributed by atoms with E-state index in [2.05, 4.69) is 57.6 Å². The molecule has 0 aliphatic carbocycles. The van der Waals surface area contributed by atoms with Gasteiger partial charge in [0.15, 0.2) is 0 Å². The maximum atomic E-state index is 2.48. The Morgan fingerprint density at radius 3 is 0.833 bits per heavy atom. The molecule has 0 heterocycles. The monoisotopic (exact) mass is 465 g/mol. The molecule has 0 aliphatic rings. The van der Waals surface area contributed by atoms with Crippen LogP contribution in [0, 0.1) is 0 Å². The molecule has 0 aromatic carbocycles. The number of halogens is 3. The minimum atomic E-state index is -0.423. The van der Waals surface area contributed by atoms with Crippen molar-refractivity contribution in [3.8, 4) is 0 Å². The molecule has 0 radical (unpaired) electrons. The van der Waals surface area contributed by atoms with Crippen LogP contribution in [0.15, 0.2) is 0 Å². The van der Waals surface area contributed by atoms with Gasteiger partial charge < -0.3 is 11.0 Å². The van der Waals surface area contributed by atoms with E-state index in [4.69, 9.17) is 0 Å². The van der Waals surface area contributed by atoms with Crippen LogP contribution in [0.25, 0.3) is 0 Å². The molecule has 0 amide bonds. The van der Waals surface area contributed by atoms with Crippen LogP contribution >= 0.6 is 57.6 Å². The van der Waals surface area contributed by atoms with Crippen molar-refractivity contribution in [1.82, 2.24) is 0 Å². The van der Waals surface area contributed by atoms with Crippen LogP contribution in [0.5, 0.6) is 0 Å². The summed E-state index contributed by atoms with van der Waals surface area (Å²) in [7, 11) is 0. The van der Waals surface area contributed by atoms with Crippen molar-refractivity contribution in [2.75, 3.05) is 0 Å². The van der Waals surface area contributed by atoms with E-state index in [1.807, 2.05) is 0 Å².